The van der Waals surface area contributed by atoms with Crippen LogP contribution in [-0.4, -0.2) is 16.1 Å². The normalized spacial score (nSPS) is 11.2. The van der Waals surface area contributed by atoms with Gasteiger partial charge in [0.15, 0.2) is 0 Å². The highest BCUT2D eigenvalue weighted by Crippen LogP contribution is 2.28. The Bertz CT molecular complexity index is 920. The lowest BCUT2D eigenvalue weighted by atomic mass is 10.2. The lowest BCUT2D eigenvalue weighted by Gasteiger charge is -2.13. The highest BCUT2D eigenvalue weighted by atomic mass is 32.2. The van der Waals surface area contributed by atoms with Crippen molar-refractivity contribution in [3.8, 4) is 12.1 Å². The van der Waals surface area contributed by atoms with Gasteiger partial charge in [0.2, 0.25) is 5.91 Å². The third kappa shape index (κ3) is 4.22. The third-order valence-corrected chi connectivity index (χ3v) is 4.20. The number of aromatic nitrogens is 1. The number of hydrogen-bond acceptors (Lipinski definition) is 6. The Kier molecular flexibility index (Phi) is 5.52. The number of nitrogens with zero attached hydrogens (tertiary/aromatic N) is 3. The largest absolute Gasteiger partial charge is 0.383 e. The average Bonchev–Trinajstić information content (AvgIpc) is 2.58. The minimum atomic E-state index is -0.783. The van der Waals surface area contributed by atoms with Crippen LogP contribution in [0.3, 0.4) is 0 Å². The highest BCUT2D eigenvalue weighted by Gasteiger charge is 2.20. The van der Waals surface area contributed by atoms with Crippen molar-refractivity contribution in [2.75, 3.05) is 11.1 Å². The van der Waals surface area contributed by atoms with Crippen LogP contribution in [0.2, 0.25) is 0 Å². The Balaban J connectivity index is 2.19. The Morgan fingerprint density at radius 1 is 1.28 bits per heavy atom. The van der Waals surface area contributed by atoms with Gasteiger partial charge in [-0.05, 0) is 25.1 Å². The standard InChI is InChI=1S/C16H11F2N5OS/c1-8(15(24)22-13-5-11(17)2-3-12(13)18)25-16-10(7-20)4-9(6-19)14(21)23-16/h2-5,8H,1H3,(H2,21,23)(H,22,24)/t8-/m0/s1. The monoisotopic (exact) mass is 359 g/mol. The second kappa shape index (κ2) is 7.60. The number of halogens is 2. The van der Waals surface area contributed by atoms with Gasteiger partial charge in [0.1, 0.15) is 34.6 Å². The number of carbonyl (C=O) groups is 1. The first kappa shape index (κ1) is 18.2. The van der Waals surface area contributed by atoms with Gasteiger partial charge in [-0.15, -0.1) is 0 Å². The van der Waals surface area contributed by atoms with E-state index in [1.807, 2.05) is 12.1 Å². The number of nitrogens with two attached hydrogens (primary N) is 1. The maximum Gasteiger partial charge on any atom is 0.237 e. The van der Waals surface area contributed by atoms with Gasteiger partial charge in [0.25, 0.3) is 0 Å². The van der Waals surface area contributed by atoms with E-state index in [9.17, 15) is 13.6 Å². The summed E-state index contributed by atoms with van der Waals surface area (Å²) in [5.74, 6) is -2.13. The van der Waals surface area contributed by atoms with E-state index in [2.05, 4.69) is 10.3 Å². The summed E-state index contributed by atoms with van der Waals surface area (Å²) in [6, 6.07) is 7.67. The van der Waals surface area contributed by atoms with Crippen LogP contribution in [0.1, 0.15) is 18.1 Å². The number of benzene rings is 1. The van der Waals surface area contributed by atoms with Crippen LogP contribution in [-0.2, 0) is 4.79 Å². The second-order valence-corrected chi connectivity index (χ2v) is 6.20. The van der Waals surface area contributed by atoms with Crippen LogP contribution >= 0.6 is 11.8 Å². The zero-order valence-corrected chi connectivity index (χ0v) is 13.7. The molecule has 25 heavy (non-hydrogen) atoms. The molecule has 1 amide bonds. The summed E-state index contributed by atoms with van der Waals surface area (Å²) >= 11 is 0.914. The van der Waals surface area contributed by atoms with Crippen molar-refractivity contribution in [1.82, 2.24) is 4.98 Å². The lowest BCUT2D eigenvalue weighted by molar-refractivity contribution is -0.115. The van der Waals surface area contributed by atoms with Crippen LogP contribution in [0.15, 0.2) is 29.3 Å². The number of thioether (sulfide) groups is 1. The van der Waals surface area contributed by atoms with Gasteiger partial charge in [-0.3, -0.25) is 4.79 Å². The molecule has 1 atom stereocenters. The van der Waals surface area contributed by atoms with E-state index < -0.39 is 22.8 Å². The predicted molar refractivity (Wildman–Crippen MR) is 88.4 cm³/mol. The fourth-order valence-electron chi connectivity index (χ4n) is 1.82. The zero-order chi connectivity index (χ0) is 18.6. The molecule has 126 valence electrons. The lowest BCUT2D eigenvalue weighted by Crippen LogP contribution is -2.23. The Labute approximate surface area is 146 Å². The van der Waals surface area contributed by atoms with Crippen LogP contribution < -0.4 is 11.1 Å². The summed E-state index contributed by atoms with van der Waals surface area (Å²) in [5.41, 5.74) is 5.48. The second-order valence-electron chi connectivity index (χ2n) is 4.87. The molecule has 0 saturated carbocycles. The van der Waals surface area contributed by atoms with Gasteiger partial charge in [-0.25, -0.2) is 13.8 Å². The molecule has 0 spiro atoms. The maximum atomic E-state index is 13.6. The number of hydrogen-bond donors (Lipinski definition) is 2. The molecule has 6 nitrogen and oxygen atoms in total. The summed E-state index contributed by atoms with van der Waals surface area (Å²) in [7, 11) is 0. The minimum absolute atomic E-state index is 0.0554. The minimum Gasteiger partial charge on any atom is -0.383 e. The number of nitrogens with one attached hydrogen (secondary N) is 1. The number of amides is 1. The van der Waals surface area contributed by atoms with Gasteiger partial charge >= 0.3 is 0 Å². The van der Waals surface area contributed by atoms with E-state index in [1.165, 1.54) is 13.0 Å². The van der Waals surface area contributed by atoms with Crippen LogP contribution in [0, 0.1) is 34.3 Å². The molecule has 0 saturated heterocycles. The number of rotatable bonds is 4. The van der Waals surface area contributed by atoms with Crippen LogP contribution in [0.25, 0.3) is 0 Å². The van der Waals surface area contributed by atoms with Crippen molar-refractivity contribution < 1.29 is 13.6 Å². The van der Waals surface area contributed by atoms with Gasteiger partial charge in [-0.2, -0.15) is 10.5 Å². The molecule has 0 bridgehead atoms. The molecule has 9 heteroatoms. The summed E-state index contributed by atoms with van der Waals surface area (Å²) in [5, 5.41) is 19.7. The van der Waals surface area contributed by atoms with E-state index in [1.54, 1.807) is 0 Å². The van der Waals surface area contributed by atoms with Crippen molar-refractivity contribution in [2.45, 2.75) is 17.2 Å². The molecule has 0 radical (unpaired) electrons. The summed E-state index contributed by atoms with van der Waals surface area (Å²) in [4.78, 5) is 16.1. The van der Waals surface area contributed by atoms with E-state index in [4.69, 9.17) is 16.3 Å². The smallest absolute Gasteiger partial charge is 0.237 e. The number of carbonyl (C=O) groups excluding carboxylic acids is 1. The van der Waals surface area contributed by atoms with Crippen molar-refractivity contribution in [2.24, 2.45) is 0 Å². The van der Waals surface area contributed by atoms with E-state index in [0.29, 0.717) is 0 Å². The number of pyridine rings is 1. The quantitative estimate of drug-likeness (QED) is 0.811. The Morgan fingerprint density at radius 2 is 1.96 bits per heavy atom. The molecule has 0 unspecified atom stereocenters. The molecular weight excluding hydrogens is 348 g/mol. The first-order chi connectivity index (χ1) is 11.8. The topological polar surface area (TPSA) is 116 Å². The fraction of sp³-hybridized carbons (Fsp3) is 0.125. The highest BCUT2D eigenvalue weighted by molar-refractivity contribution is 8.00. The molecule has 1 aromatic carbocycles. The van der Waals surface area contributed by atoms with Crippen LogP contribution in [0.4, 0.5) is 20.3 Å². The van der Waals surface area contributed by atoms with Crippen molar-refractivity contribution in [1.29, 1.82) is 10.5 Å². The van der Waals surface area contributed by atoms with E-state index >= 15 is 0 Å². The van der Waals surface area contributed by atoms with Gasteiger partial charge < -0.3 is 11.1 Å². The average molecular weight is 359 g/mol. The molecule has 0 fully saturated rings. The molecule has 2 aromatic rings. The molecule has 1 heterocycles. The predicted octanol–water partition coefficient (Wildman–Crippen LogP) is 2.80. The first-order valence-electron chi connectivity index (χ1n) is 6.89. The van der Waals surface area contributed by atoms with Crippen molar-refractivity contribution in [3.63, 3.8) is 0 Å². The SMILES string of the molecule is C[C@H](Sc1nc(N)c(C#N)cc1C#N)C(=O)Nc1cc(F)ccc1F. The molecular formula is C16H11F2N5OS. The first-order valence-corrected chi connectivity index (χ1v) is 7.77. The van der Waals surface area contributed by atoms with Gasteiger partial charge in [0, 0.05) is 6.07 Å². The van der Waals surface area contributed by atoms with Gasteiger partial charge in [-0.1, -0.05) is 11.8 Å². The molecule has 3 N–H and O–H groups in total. The van der Waals surface area contributed by atoms with E-state index in [0.717, 1.165) is 30.0 Å². The number of anilines is 2. The summed E-state index contributed by atoms with van der Waals surface area (Å²) in [6.45, 7) is 1.51. The molecule has 0 aliphatic heterocycles. The molecule has 0 aliphatic rings. The van der Waals surface area contributed by atoms with Crippen molar-refractivity contribution in [3.05, 3.63) is 47.0 Å². The molecule has 0 aliphatic carbocycles. The van der Waals surface area contributed by atoms with Crippen LogP contribution in [0.5, 0.6) is 0 Å². The molecule has 2 rings (SSSR count). The van der Waals surface area contributed by atoms with Gasteiger partial charge in [0.05, 0.1) is 22.1 Å². The third-order valence-electron chi connectivity index (χ3n) is 3.10. The van der Waals surface area contributed by atoms with E-state index in [-0.39, 0.29) is 27.7 Å². The maximum absolute atomic E-state index is 13.6. The fourth-order valence-corrected chi connectivity index (χ4v) is 2.70. The zero-order valence-electron chi connectivity index (χ0n) is 12.9. The number of nitriles is 2. The van der Waals surface area contributed by atoms with Crippen molar-refractivity contribution >= 4 is 29.2 Å². The summed E-state index contributed by atoms with van der Waals surface area (Å²) in [6.07, 6.45) is 0. The molecule has 1 aromatic heterocycles. The Hall–Kier alpha value is -3.17. The Morgan fingerprint density at radius 3 is 2.60 bits per heavy atom. The summed E-state index contributed by atoms with van der Waals surface area (Å²) < 4.78 is 26.7. The number of nitrogen functional groups attached to an aromatic ring is 1.